The third-order valence-electron chi connectivity index (χ3n) is 2.41. The number of methoxy groups -OCH3 is 1. The highest BCUT2D eigenvalue weighted by Gasteiger charge is 2.18. The van der Waals surface area contributed by atoms with Gasteiger partial charge in [-0.2, -0.15) is 0 Å². The molecular weight excluding hydrogens is 354 g/mol. The molecule has 0 aliphatic heterocycles. The van der Waals surface area contributed by atoms with Crippen molar-refractivity contribution in [1.29, 1.82) is 0 Å². The van der Waals surface area contributed by atoms with Crippen molar-refractivity contribution < 1.29 is 18.3 Å². The second kappa shape index (κ2) is 5.84. The smallest absolute Gasteiger partial charge is 0.357 e. The van der Waals surface area contributed by atoms with Crippen LogP contribution in [0.2, 0.25) is 0 Å². The van der Waals surface area contributed by atoms with E-state index < -0.39 is 17.6 Å². The van der Waals surface area contributed by atoms with Gasteiger partial charge in [-0.05, 0) is 19.1 Å². The van der Waals surface area contributed by atoms with Gasteiger partial charge in [0.25, 0.3) is 0 Å². The minimum Gasteiger partial charge on any atom is -0.464 e. The van der Waals surface area contributed by atoms with E-state index in [1.165, 1.54) is 7.11 Å². The van der Waals surface area contributed by atoms with Gasteiger partial charge in [0.15, 0.2) is 22.5 Å². The maximum Gasteiger partial charge on any atom is 0.357 e. The first-order valence-electron chi connectivity index (χ1n) is 5.39. The Balaban J connectivity index is 2.34. The number of carbonyl (C=O) groups excluding carboxylic acids is 1. The molecule has 2 aromatic rings. The summed E-state index contributed by atoms with van der Waals surface area (Å²) in [5, 5.41) is 2.75. The van der Waals surface area contributed by atoms with E-state index in [1.807, 2.05) is 0 Å². The van der Waals surface area contributed by atoms with Gasteiger partial charge in [-0.3, -0.25) is 0 Å². The summed E-state index contributed by atoms with van der Waals surface area (Å²) in [4.78, 5) is 16.0. The number of hydrogen-bond donors (Lipinski definition) is 1. The van der Waals surface area contributed by atoms with Gasteiger partial charge < -0.3 is 10.1 Å². The number of carbonyl (C=O) groups is 1. The average Bonchev–Trinajstić information content (AvgIpc) is 2.74. The van der Waals surface area contributed by atoms with Crippen LogP contribution < -0.4 is 5.32 Å². The zero-order valence-electron chi connectivity index (χ0n) is 10.5. The standard InChI is InChI=1S/C12H9BrF2N2O2S/c1-5-9(11(18)19-2)16-12(20-5)17-10-7(14)3-6(13)4-8(10)15/h3-4H,1-2H3,(H,16,17). The van der Waals surface area contributed by atoms with Gasteiger partial charge in [0.2, 0.25) is 0 Å². The first kappa shape index (κ1) is 14.9. The summed E-state index contributed by atoms with van der Waals surface area (Å²) >= 11 is 4.10. The van der Waals surface area contributed by atoms with Crippen LogP contribution in [0.3, 0.4) is 0 Å². The molecule has 1 aromatic heterocycles. The highest BCUT2D eigenvalue weighted by atomic mass is 79.9. The molecule has 0 atom stereocenters. The molecule has 0 unspecified atom stereocenters. The Bertz CT molecular complexity index is 652. The van der Waals surface area contributed by atoms with Crippen molar-refractivity contribution >= 4 is 44.1 Å². The Hall–Kier alpha value is -1.54. The number of benzene rings is 1. The molecule has 4 nitrogen and oxygen atoms in total. The van der Waals surface area contributed by atoms with E-state index >= 15 is 0 Å². The van der Waals surface area contributed by atoms with Gasteiger partial charge in [0, 0.05) is 9.35 Å². The zero-order chi connectivity index (χ0) is 14.9. The molecule has 0 amide bonds. The summed E-state index contributed by atoms with van der Waals surface area (Å²) in [5.74, 6) is -2.11. The van der Waals surface area contributed by atoms with E-state index in [0.29, 0.717) is 9.35 Å². The van der Waals surface area contributed by atoms with Crippen LogP contribution in [0.15, 0.2) is 16.6 Å². The molecule has 8 heteroatoms. The Labute approximate surface area is 125 Å². The minimum absolute atomic E-state index is 0.123. The van der Waals surface area contributed by atoms with Crippen molar-refractivity contribution in [2.75, 3.05) is 12.4 Å². The van der Waals surface area contributed by atoms with Crippen molar-refractivity contribution in [1.82, 2.24) is 4.98 Å². The molecule has 1 heterocycles. The lowest BCUT2D eigenvalue weighted by molar-refractivity contribution is 0.0594. The van der Waals surface area contributed by atoms with Crippen LogP contribution in [0.4, 0.5) is 19.6 Å². The van der Waals surface area contributed by atoms with Gasteiger partial charge in [-0.1, -0.05) is 15.9 Å². The number of aryl methyl sites for hydroxylation is 1. The Morgan fingerprint density at radius 3 is 2.55 bits per heavy atom. The zero-order valence-corrected chi connectivity index (χ0v) is 12.9. The summed E-state index contributed by atoms with van der Waals surface area (Å²) in [6.45, 7) is 1.67. The summed E-state index contributed by atoms with van der Waals surface area (Å²) in [6.07, 6.45) is 0. The monoisotopic (exact) mass is 362 g/mol. The SMILES string of the molecule is COC(=O)c1nc(Nc2c(F)cc(Br)cc2F)sc1C. The molecular formula is C12H9BrF2N2O2S. The molecule has 0 aliphatic carbocycles. The number of anilines is 2. The second-order valence-electron chi connectivity index (χ2n) is 3.78. The molecule has 0 saturated carbocycles. The third kappa shape index (κ3) is 2.96. The molecule has 0 saturated heterocycles. The minimum atomic E-state index is -0.760. The Kier molecular flexibility index (Phi) is 4.34. The Morgan fingerprint density at radius 1 is 1.40 bits per heavy atom. The molecule has 0 spiro atoms. The van der Waals surface area contributed by atoms with Crippen molar-refractivity contribution in [3.8, 4) is 0 Å². The number of thiazole rings is 1. The highest BCUT2D eigenvalue weighted by molar-refractivity contribution is 9.10. The fraction of sp³-hybridized carbons (Fsp3) is 0.167. The van der Waals surface area contributed by atoms with Gasteiger partial charge in [0.1, 0.15) is 5.69 Å². The normalized spacial score (nSPS) is 10.4. The van der Waals surface area contributed by atoms with Crippen LogP contribution in [0.25, 0.3) is 0 Å². The van der Waals surface area contributed by atoms with Crippen LogP contribution in [0.5, 0.6) is 0 Å². The molecule has 1 N–H and O–H groups in total. The molecule has 0 aliphatic rings. The third-order valence-corrected chi connectivity index (χ3v) is 3.76. The molecule has 0 radical (unpaired) electrons. The largest absolute Gasteiger partial charge is 0.464 e. The molecule has 2 rings (SSSR count). The quantitative estimate of drug-likeness (QED) is 0.837. The fourth-order valence-corrected chi connectivity index (χ4v) is 2.71. The number of hydrogen-bond acceptors (Lipinski definition) is 5. The summed E-state index contributed by atoms with van der Waals surface area (Å²) in [6, 6.07) is 2.26. The number of nitrogens with one attached hydrogen (secondary N) is 1. The van der Waals surface area contributed by atoms with Crippen LogP contribution >= 0.6 is 27.3 Å². The maximum atomic E-state index is 13.7. The van der Waals surface area contributed by atoms with E-state index in [1.54, 1.807) is 6.92 Å². The number of ether oxygens (including phenoxy) is 1. The van der Waals surface area contributed by atoms with Crippen LogP contribution in [0, 0.1) is 18.6 Å². The summed E-state index contributed by atoms with van der Waals surface area (Å²) in [5.41, 5.74) is -0.198. The average molecular weight is 363 g/mol. The number of nitrogens with zero attached hydrogens (tertiary/aromatic N) is 1. The number of aromatic nitrogens is 1. The van der Waals surface area contributed by atoms with E-state index in [2.05, 4.69) is 31.0 Å². The lowest BCUT2D eigenvalue weighted by Gasteiger charge is -2.06. The van der Waals surface area contributed by atoms with E-state index in [4.69, 9.17) is 0 Å². The predicted molar refractivity (Wildman–Crippen MR) is 75.5 cm³/mol. The number of rotatable bonds is 3. The molecule has 0 bridgehead atoms. The topological polar surface area (TPSA) is 51.2 Å². The van der Waals surface area contributed by atoms with Crippen LogP contribution in [0.1, 0.15) is 15.4 Å². The first-order valence-corrected chi connectivity index (χ1v) is 7.00. The van der Waals surface area contributed by atoms with Crippen LogP contribution in [-0.4, -0.2) is 18.1 Å². The number of halogens is 3. The van der Waals surface area contributed by atoms with Gasteiger partial charge in [-0.15, -0.1) is 11.3 Å². The van der Waals surface area contributed by atoms with Gasteiger partial charge >= 0.3 is 5.97 Å². The van der Waals surface area contributed by atoms with Crippen molar-refractivity contribution in [3.63, 3.8) is 0 Å². The van der Waals surface area contributed by atoms with Crippen molar-refractivity contribution in [2.24, 2.45) is 0 Å². The molecule has 20 heavy (non-hydrogen) atoms. The Morgan fingerprint density at radius 2 is 2.00 bits per heavy atom. The van der Waals surface area contributed by atoms with E-state index in [9.17, 15) is 13.6 Å². The molecule has 106 valence electrons. The second-order valence-corrected chi connectivity index (χ2v) is 5.90. The summed E-state index contributed by atoms with van der Waals surface area (Å²) in [7, 11) is 1.24. The molecule has 0 fully saturated rings. The van der Waals surface area contributed by atoms with E-state index in [0.717, 1.165) is 23.5 Å². The summed E-state index contributed by atoms with van der Waals surface area (Å²) < 4.78 is 32.2. The first-order chi connectivity index (χ1) is 9.42. The maximum absolute atomic E-state index is 13.7. The lowest BCUT2D eigenvalue weighted by atomic mass is 10.3. The van der Waals surface area contributed by atoms with Crippen molar-refractivity contribution in [3.05, 3.63) is 38.8 Å². The highest BCUT2D eigenvalue weighted by Crippen LogP contribution is 2.30. The fourth-order valence-electron chi connectivity index (χ4n) is 1.50. The predicted octanol–water partition coefficient (Wildman–Crippen LogP) is 4.02. The van der Waals surface area contributed by atoms with Crippen LogP contribution in [-0.2, 0) is 4.74 Å². The van der Waals surface area contributed by atoms with Gasteiger partial charge in [-0.25, -0.2) is 18.6 Å². The van der Waals surface area contributed by atoms with Crippen molar-refractivity contribution in [2.45, 2.75) is 6.92 Å². The number of esters is 1. The van der Waals surface area contributed by atoms with E-state index in [-0.39, 0.29) is 16.5 Å². The lowest BCUT2D eigenvalue weighted by Crippen LogP contribution is -2.04. The van der Waals surface area contributed by atoms with Gasteiger partial charge in [0.05, 0.1) is 7.11 Å². The molecule has 1 aromatic carbocycles.